The number of nitrogens with zero attached hydrogens (tertiary/aromatic N) is 1. The summed E-state index contributed by atoms with van der Waals surface area (Å²) in [6.07, 6.45) is 1.63. The van der Waals surface area contributed by atoms with Crippen LogP contribution in [0.4, 0.5) is 0 Å². The summed E-state index contributed by atoms with van der Waals surface area (Å²) in [5.41, 5.74) is 0. The van der Waals surface area contributed by atoms with Gasteiger partial charge in [0.15, 0.2) is 0 Å². The predicted octanol–water partition coefficient (Wildman–Crippen LogP) is 3.18. The third-order valence-corrected chi connectivity index (χ3v) is 4.40. The van der Waals surface area contributed by atoms with Crippen LogP contribution in [-0.2, 0) is 0 Å². The minimum atomic E-state index is -0.167. The van der Waals surface area contributed by atoms with Crippen molar-refractivity contribution in [2.24, 2.45) is 0 Å². The number of halogens is 1. The molecule has 5 heteroatoms. The van der Waals surface area contributed by atoms with Crippen molar-refractivity contribution in [3.63, 3.8) is 0 Å². The second-order valence-electron chi connectivity index (χ2n) is 4.00. The molecule has 2 aromatic rings. The molecule has 0 bridgehead atoms. The van der Waals surface area contributed by atoms with Crippen molar-refractivity contribution in [3.8, 4) is 0 Å². The van der Waals surface area contributed by atoms with Crippen LogP contribution in [0.15, 0.2) is 36.9 Å². The molecular weight excluding hydrogens is 282 g/mol. The first-order valence-corrected chi connectivity index (χ1v) is 7.06. The lowest BCUT2D eigenvalue weighted by molar-refractivity contribution is 0.0748. The number of amides is 1. The lowest BCUT2D eigenvalue weighted by Crippen LogP contribution is -2.33. The molecule has 0 aliphatic heterocycles. The molecule has 1 amide bonds. The van der Waals surface area contributed by atoms with Gasteiger partial charge in [0.05, 0.1) is 11.6 Å². The Morgan fingerprint density at radius 1 is 1.47 bits per heavy atom. The molecule has 1 heterocycles. The molecule has 0 aliphatic carbocycles. The van der Waals surface area contributed by atoms with Gasteiger partial charge in [0, 0.05) is 23.2 Å². The molecule has 1 aromatic heterocycles. The Labute approximate surface area is 120 Å². The molecule has 100 valence electrons. The van der Waals surface area contributed by atoms with Crippen LogP contribution in [0.1, 0.15) is 9.67 Å². The van der Waals surface area contributed by atoms with Crippen LogP contribution >= 0.6 is 22.9 Å². The molecule has 0 aliphatic rings. The summed E-state index contributed by atoms with van der Waals surface area (Å²) in [5.74, 6) is -0.167. The van der Waals surface area contributed by atoms with E-state index in [9.17, 15) is 4.79 Å². The van der Waals surface area contributed by atoms with Crippen LogP contribution in [-0.4, -0.2) is 35.6 Å². The maximum Gasteiger partial charge on any atom is 0.265 e. The molecule has 19 heavy (non-hydrogen) atoms. The quantitative estimate of drug-likeness (QED) is 0.861. The van der Waals surface area contributed by atoms with Gasteiger partial charge in [-0.2, -0.15) is 0 Å². The Morgan fingerprint density at radius 2 is 2.21 bits per heavy atom. The minimum Gasteiger partial charge on any atom is -0.395 e. The van der Waals surface area contributed by atoms with Crippen LogP contribution in [0.25, 0.3) is 10.1 Å². The van der Waals surface area contributed by atoms with E-state index in [2.05, 4.69) is 6.58 Å². The van der Waals surface area contributed by atoms with Gasteiger partial charge in [0.1, 0.15) is 4.88 Å². The maximum absolute atomic E-state index is 12.4. The van der Waals surface area contributed by atoms with Gasteiger partial charge < -0.3 is 10.0 Å². The molecule has 1 N–H and O–H groups in total. The molecule has 1 aromatic carbocycles. The zero-order valence-corrected chi connectivity index (χ0v) is 11.9. The SMILES string of the molecule is C=CCN(CCO)C(=O)c1sc2ccccc2c1Cl. The average Bonchev–Trinajstić information content (AvgIpc) is 2.76. The van der Waals surface area contributed by atoms with Gasteiger partial charge in [-0.1, -0.05) is 35.9 Å². The molecule has 0 saturated heterocycles. The fourth-order valence-corrected chi connectivity index (χ4v) is 3.33. The van der Waals surface area contributed by atoms with E-state index in [0.717, 1.165) is 10.1 Å². The number of benzene rings is 1. The zero-order valence-electron chi connectivity index (χ0n) is 10.3. The molecule has 0 saturated carbocycles. The van der Waals surface area contributed by atoms with Crippen LogP contribution < -0.4 is 0 Å². The molecule has 2 rings (SSSR count). The summed E-state index contributed by atoms with van der Waals surface area (Å²) < 4.78 is 0.985. The normalized spacial score (nSPS) is 10.6. The Morgan fingerprint density at radius 3 is 2.84 bits per heavy atom. The summed E-state index contributed by atoms with van der Waals surface area (Å²) in [4.78, 5) is 14.5. The van der Waals surface area contributed by atoms with E-state index in [1.165, 1.54) is 16.2 Å². The second-order valence-corrected chi connectivity index (χ2v) is 5.43. The smallest absolute Gasteiger partial charge is 0.265 e. The van der Waals surface area contributed by atoms with E-state index in [-0.39, 0.29) is 19.1 Å². The third kappa shape index (κ3) is 2.81. The first-order valence-electron chi connectivity index (χ1n) is 5.87. The van der Waals surface area contributed by atoms with E-state index < -0.39 is 0 Å². The van der Waals surface area contributed by atoms with E-state index in [4.69, 9.17) is 16.7 Å². The minimum absolute atomic E-state index is 0.0813. The van der Waals surface area contributed by atoms with Gasteiger partial charge in [-0.3, -0.25) is 4.79 Å². The first kappa shape index (κ1) is 14.1. The van der Waals surface area contributed by atoms with E-state index in [1.807, 2.05) is 24.3 Å². The van der Waals surface area contributed by atoms with Gasteiger partial charge in [-0.25, -0.2) is 0 Å². The number of carbonyl (C=O) groups excluding carboxylic acids is 1. The van der Waals surface area contributed by atoms with Gasteiger partial charge in [0.25, 0.3) is 5.91 Å². The summed E-state index contributed by atoms with van der Waals surface area (Å²) in [6, 6.07) is 7.64. The van der Waals surface area contributed by atoms with E-state index in [0.29, 0.717) is 16.4 Å². The van der Waals surface area contributed by atoms with Crippen molar-refractivity contribution >= 4 is 38.9 Å². The fourth-order valence-electron chi connectivity index (χ4n) is 1.85. The maximum atomic E-state index is 12.4. The highest BCUT2D eigenvalue weighted by Gasteiger charge is 2.21. The molecule has 0 unspecified atom stereocenters. The Hall–Kier alpha value is -1.36. The van der Waals surface area contributed by atoms with Crippen molar-refractivity contribution in [2.45, 2.75) is 0 Å². The van der Waals surface area contributed by atoms with Crippen LogP contribution in [0.5, 0.6) is 0 Å². The average molecular weight is 296 g/mol. The molecule has 0 fully saturated rings. The first-order chi connectivity index (χ1) is 9.19. The third-order valence-electron chi connectivity index (χ3n) is 2.74. The largest absolute Gasteiger partial charge is 0.395 e. The molecule has 0 atom stereocenters. The van der Waals surface area contributed by atoms with Crippen molar-refractivity contribution < 1.29 is 9.90 Å². The van der Waals surface area contributed by atoms with Gasteiger partial charge in [0.2, 0.25) is 0 Å². The van der Waals surface area contributed by atoms with Gasteiger partial charge >= 0.3 is 0 Å². The molecule has 0 spiro atoms. The Balaban J connectivity index is 2.39. The molecule has 3 nitrogen and oxygen atoms in total. The topological polar surface area (TPSA) is 40.5 Å². The molecule has 0 radical (unpaired) electrons. The summed E-state index contributed by atoms with van der Waals surface area (Å²) in [7, 11) is 0. The number of carbonyl (C=O) groups is 1. The van der Waals surface area contributed by atoms with Crippen molar-refractivity contribution in [3.05, 3.63) is 46.8 Å². The van der Waals surface area contributed by atoms with E-state index in [1.54, 1.807) is 6.08 Å². The predicted molar refractivity (Wildman–Crippen MR) is 80.0 cm³/mol. The van der Waals surface area contributed by atoms with Crippen molar-refractivity contribution in [1.82, 2.24) is 4.90 Å². The molecular formula is C14H14ClNO2S. The van der Waals surface area contributed by atoms with Gasteiger partial charge in [-0.15, -0.1) is 17.9 Å². The number of rotatable bonds is 5. The standard InChI is InChI=1S/C14H14ClNO2S/c1-2-7-16(8-9-17)14(18)13-12(15)10-5-3-4-6-11(10)19-13/h2-6,17H,1,7-9H2. The zero-order chi connectivity index (χ0) is 13.8. The van der Waals surface area contributed by atoms with Gasteiger partial charge in [-0.05, 0) is 6.07 Å². The van der Waals surface area contributed by atoms with Crippen molar-refractivity contribution in [2.75, 3.05) is 19.7 Å². The highest BCUT2D eigenvalue weighted by Crippen LogP contribution is 2.35. The van der Waals surface area contributed by atoms with Crippen LogP contribution in [0.3, 0.4) is 0 Å². The summed E-state index contributed by atoms with van der Waals surface area (Å²) in [5, 5.41) is 10.4. The Kier molecular flexibility index (Phi) is 4.58. The van der Waals surface area contributed by atoms with Crippen LogP contribution in [0.2, 0.25) is 5.02 Å². The lowest BCUT2D eigenvalue weighted by atomic mass is 10.2. The fraction of sp³-hybridized carbons (Fsp3) is 0.214. The summed E-state index contributed by atoms with van der Waals surface area (Å²) in [6.45, 7) is 4.20. The number of hydrogen-bond donors (Lipinski definition) is 1. The van der Waals surface area contributed by atoms with E-state index >= 15 is 0 Å². The summed E-state index contributed by atoms with van der Waals surface area (Å²) >= 11 is 7.64. The number of fused-ring (bicyclic) bond motifs is 1. The lowest BCUT2D eigenvalue weighted by Gasteiger charge is -2.19. The number of aliphatic hydroxyl groups is 1. The Bertz CT molecular complexity index is 609. The van der Waals surface area contributed by atoms with Crippen molar-refractivity contribution in [1.29, 1.82) is 0 Å². The highest BCUT2D eigenvalue weighted by molar-refractivity contribution is 7.21. The number of aliphatic hydroxyl groups excluding tert-OH is 1. The second kappa shape index (κ2) is 6.19. The van der Waals surface area contributed by atoms with Crippen LogP contribution in [0, 0.1) is 0 Å². The number of thiophene rings is 1. The monoisotopic (exact) mass is 295 g/mol. The number of hydrogen-bond acceptors (Lipinski definition) is 3. The highest BCUT2D eigenvalue weighted by atomic mass is 35.5.